The number of allylic oxidation sites excluding steroid dienone is 2. The van der Waals surface area contributed by atoms with Gasteiger partial charge in [0.15, 0.2) is 5.54 Å². The molecule has 0 radical (unpaired) electrons. The van der Waals surface area contributed by atoms with E-state index in [1.165, 1.54) is 6.08 Å². The van der Waals surface area contributed by atoms with E-state index in [9.17, 15) is 9.59 Å². The Hall–Kier alpha value is -4.35. The number of anilines is 1. The molecule has 4 rings (SSSR count). The lowest BCUT2D eigenvalue weighted by atomic mass is 9.69. The van der Waals surface area contributed by atoms with Gasteiger partial charge in [0, 0.05) is 12.2 Å². The molecule has 3 atom stereocenters. The van der Waals surface area contributed by atoms with Crippen LogP contribution < -0.4 is 31.6 Å². The van der Waals surface area contributed by atoms with Crippen molar-refractivity contribution in [2.45, 2.75) is 90.7 Å². The largest absolute Gasteiger partial charge is 0.496 e. The second kappa shape index (κ2) is 18.1. The number of ether oxygens (including phenoxy) is 3. The lowest BCUT2D eigenvalue weighted by molar-refractivity contribution is -0.166. The Bertz CT molecular complexity index is 1670. The van der Waals surface area contributed by atoms with Crippen molar-refractivity contribution in [2.75, 3.05) is 52.8 Å². The molecule has 0 spiro atoms. The number of esters is 1. The van der Waals surface area contributed by atoms with Crippen LogP contribution in [0.4, 0.5) is 11.4 Å². The van der Waals surface area contributed by atoms with E-state index in [0.29, 0.717) is 40.9 Å². The van der Waals surface area contributed by atoms with Crippen LogP contribution in [0.15, 0.2) is 64.8 Å². The molecule has 2 aliphatic rings. The molecule has 1 saturated carbocycles. The number of carbonyl (C=O) groups is 2. The molecule has 11 nitrogen and oxygen atoms in total. The van der Waals surface area contributed by atoms with Crippen LogP contribution in [0.1, 0.15) is 90.7 Å². The predicted molar refractivity (Wildman–Crippen MR) is 214 cm³/mol. The molecule has 6 N–H and O–H groups in total. The smallest absolute Gasteiger partial charge is 0.337 e. The number of hydrogen-bond donors (Lipinski definition) is 4. The van der Waals surface area contributed by atoms with Crippen LogP contribution in [0.2, 0.25) is 0 Å². The Labute approximate surface area is 316 Å². The normalized spacial score (nSPS) is 20.3. The Morgan fingerprint density at radius 2 is 1.77 bits per heavy atom. The van der Waals surface area contributed by atoms with Gasteiger partial charge >= 0.3 is 5.97 Å². The summed E-state index contributed by atoms with van der Waals surface area (Å²) in [5.41, 5.74) is 14.7. The van der Waals surface area contributed by atoms with Crippen molar-refractivity contribution in [3.05, 3.63) is 70.9 Å². The van der Waals surface area contributed by atoms with Gasteiger partial charge in [-0.15, -0.1) is 0 Å². The van der Waals surface area contributed by atoms with E-state index in [0.717, 1.165) is 68.6 Å². The van der Waals surface area contributed by atoms with Gasteiger partial charge in [0.1, 0.15) is 17.1 Å². The molecular weight excluding hydrogens is 668 g/mol. The SMILES string of the molecule is COc1cccc(OC)c1C(/C=C(\N)C(=O)NC1(C(=O)OC(C)(C)C)C2=CCC(C2)CC1C)=Nc1ccc(NCCCN(C)CCCN)cc1C(C)C. The Morgan fingerprint density at radius 1 is 1.09 bits per heavy atom. The van der Waals surface area contributed by atoms with E-state index in [-0.39, 0.29) is 17.5 Å². The molecule has 2 aromatic rings. The third-order valence-electron chi connectivity index (χ3n) is 10.1. The molecule has 0 aliphatic heterocycles. The number of hydrogen-bond acceptors (Lipinski definition) is 10. The maximum atomic E-state index is 14.2. The van der Waals surface area contributed by atoms with E-state index in [1.54, 1.807) is 14.2 Å². The molecule has 1 fully saturated rings. The first-order valence-electron chi connectivity index (χ1n) is 18.9. The molecule has 1 amide bonds. The number of nitrogens with zero attached hydrogens (tertiary/aromatic N) is 2. The van der Waals surface area contributed by atoms with Gasteiger partial charge in [-0.05, 0) is 145 Å². The fourth-order valence-corrected chi connectivity index (χ4v) is 7.37. The minimum atomic E-state index is -1.33. The molecule has 3 unspecified atom stereocenters. The van der Waals surface area contributed by atoms with Crippen LogP contribution in [0, 0.1) is 11.8 Å². The maximum Gasteiger partial charge on any atom is 0.337 e. The van der Waals surface area contributed by atoms with Crippen LogP contribution in [0.25, 0.3) is 0 Å². The van der Waals surface area contributed by atoms with E-state index in [4.69, 9.17) is 30.7 Å². The van der Waals surface area contributed by atoms with Crippen molar-refractivity contribution in [1.29, 1.82) is 0 Å². The lowest BCUT2D eigenvalue weighted by Crippen LogP contribution is -2.63. The first-order valence-corrected chi connectivity index (χ1v) is 18.9. The summed E-state index contributed by atoms with van der Waals surface area (Å²) in [6.45, 7) is 15.2. The minimum absolute atomic E-state index is 0.117. The summed E-state index contributed by atoms with van der Waals surface area (Å²) in [5, 5.41) is 6.64. The van der Waals surface area contributed by atoms with Gasteiger partial charge in [0.2, 0.25) is 0 Å². The standard InChI is InChI=1S/C42H62N6O5/c1-27(2)32-25-31(45-20-12-22-48(7)21-11-19-43)17-18-34(32)46-35(38-36(51-8)13-10-14-37(38)52-9)26-33(44)39(49)47-42(40(50)53-41(4,5)6)28(3)23-29-15-16-30(42)24-29/h10,13-14,16-18,25-29,45H,11-12,15,19-24,43-44H2,1-9H3,(H,47,49)/b33-26-,46-35?. The Morgan fingerprint density at radius 3 is 2.40 bits per heavy atom. The molecule has 2 aromatic carbocycles. The van der Waals surface area contributed by atoms with Gasteiger partial charge in [-0.3, -0.25) is 4.79 Å². The maximum absolute atomic E-state index is 14.2. The summed E-state index contributed by atoms with van der Waals surface area (Å²) in [5.74, 6) is 0.327. The number of carbonyl (C=O) groups excluding carboxylic acids is 2. The van der Waals surface area contributed by atoms with Crippen LogP contribution in [0.3, 0.4) is 0 Å². The monoisotopic (exact) mass is 730 g/mol. The third kappa shape index (κ3) is 10.2. The van der Waals surface area contributed by atoms with Gasteiger partial charge in [0.05, 0.1) is 36.9 Å². The topological polar surface area (TPSA) is 154 Å². The zero-order valence-corrected chi connectivity index (χ0v) is 33.3. The lowest BCUT2D eigenvalue weighted by Gasteiger charge is -2.44. The van der Waals surface area contributed by atoms with Gasteiger partial charge in [-0.1, -0.05) is 32.9 Å². The first kappa shape index (κ1) is 41.4. The average molecular weight is 731 g/mol. The van der Waals surface area contributed by atoms with Crippen molar-refractivity contribution in [1.82, 2.24) is 10.2 Å². The number of aliphatic imine (C=N–C) groups is 1. The molecule has 2 bridgehead atoms. The van der Waals surface area contributed by atoms with E-state index in [1.807, 2.05) is 58.0 Å². The highest BCUT2D eigenvalue weighted by atomic mass is 16.6. The van der Waals surface area contributed by atoms with Gasteiger partial charge in [-0.25, -0.2) is 9.79 Å². The van der Waals surface area contributed by atoms with Crippen LogP contribution in [-0.4, -0.2) is 81.1 Å². The molecule has 0 aromatic heterocycles. The Balaban J connectivity index is 1.74. The highest BCUT2D eigenvalue weighted by molar-refractivity contribution is 6.16. The van der Waals surface area contributed by atoms with Gasteiger partial charge in [-0.2, -0.15) is 0 Å². The van der Waals surface area contributed by atoms with Crippen molar-refractivity contribution in [2.24, 2.45) is 28.3 Å². The molecule has 11 heteroatoms. The number of nitrogens with two attached hydrogens (primary N) is 2. The van der Waals surface area contributed by atoms with Crippen LogP contribution in [-0.2, 0) is 14.3 Å². The molecule has 0 saturated heterocycles. The second-order valence-electron chi connectivity index (χ2n) is 15.7. The molecule has 53 heavy (non-hydrogen) atoms. The van der Waals surface area contributed by atoms with Gasteiger partial charge < -0.3 is 41.2 Å². The number of fused-ring (bicyclic) bond motifs is 2. The van der Waals surface area contributed by atoms with Crippen molar-refractivity contribution in [3.63, 3.8) is 0 Å². The highest BCUT2D eigenvalue weighted by Gasteiger charge is 2.55. The van der Waals surface area contributed by atoms with Crippen molar-refractivity contribution in [3.8, 4) is 11.5 Å². The third-order valence-corrected chi connectivity index (χ3v) is 10.1. The fraction of sp³-hybridized carbons (Fsp3) is 0.548. The minimum Gasteiger partial charge on any atom is -0.496 e. The number of rotatable bonds is 17. The van der Waals surface area contributed by atoms with Gasteiger partial charge in [0.25, 0.3) is 5.91 Å². The summed E-state index contributed by atoms with van der Waals surface area (Å²) in [6.07, 6.45) is 7.98. The summed E-state index contributed by atoms with van der Waals surface area (Å²) >= 11 is 0. The summed E-state index contributed by atoms with van der Waals surface area (Å²) in [7, 11) is 5.27. The van der Waals surface area contributed by atoms with E-state index in [2.05, 4.69) is 48.6 Å². The van der Waals surface area contributed by atoms with Crippen LogP contribution in [0.5, 0.6) is 11.5 Å². The zero-order valence-electron chi connectivity index (χ0n) is 33.3. The number of amides is 1. The average Bonchev–Trinajstić information content (AvgIpc) is 3.53. The molecule has 2 aliphatic carbocycles. The predicted octanol–water partition coefficient (Wildman–Crippen LogP) is 6.45. The fourth-order valence-electron chi connectivity index (χ4n) is 7.37. The molecule has 0 heterocycles. The summed E-state index contributed by atoms with van der Waals surface area (Å²) < 4.78 is 17.5. The zero-order chi connectivity index (χ0) is 38.9. The number of methoxy groups -OCH3 is 2. The number of nitrogens with one attached hydrogen (secondary N) is 2. The van der Waals surface area contributed by atoms with Crippen molar-refractivity contribution < 1.29 is 23.8 Å². The quantitative estimate of drug-likeness (QED) is 0.0473. The number of benzene rings is 2. The summed E-state index contributed by atoms with van der Waals surface area (Å²) in [6, 6.07) is 11.6. The van der Waals surface area contributed by atoms with E-state index < -0.39 is 23.0 Å². The second-order valence-corrected chi connectivity index (χ2v) is 15.7. The summed E-state index contributed by atoms with van der Waals surface area (Å²) in [4.78, 5) is 35.7. The molecular formula is C42H62N6O5. The Kier molecular flexibility index (Phi) is 14.2. The van der Waals surface area contributed by atoms with Crippen molar-refractivity contribution >= 4 is 29.0 Å². The van der Waals surface area contributed by atoms with E-state index >= 15 is 0 Å². The molecule has 290 valence electrons. The van der Waals surface area contributed by atoms with Crippen LogP contribution >= 0.6 is 0 Å². The first-order chi connectivity index (χ1) is 25.1. The highest BCUT2D eigenvalue weighted by Crippen LogP contribution is 2.48.